The molecule has 0 aliphatic rings. The van der Waals surface area contributed by atoms with Gasteiger partial charge in [-0.15, -0.1) is 0 Å². The second-order valence-electron chi connectivity index (χ2n) is 4.00. The lowest BCUT2D eigenvalue weighted by Gasteiger charge is -2.16. The second-order valence-corrected chi connectivity index (χ2v) is 4.00. The van der Waals surface area contributed by atoms with E-state index >= 15 is 0 Å². The molecule has 1 nitrogen and oxygen atoms in total. The molecule has 0 fully saturated rings. The normalized spacial score (nSPS) is 11.3. The Morgan fingerprint density at radius 2 is 2.06 bits per heavy atom. The van der Waals surface area contributed by atoms with Crippen LogP contribution in [0.3, 0.4) is 0 Å². The number of halogens is 2. The molecule has 0 saturated carbocycles. The number of hydrogen-bond donors (Lipinski definition) is 1. The van der Waals surface area contributed by atoms with E-state index in [1.165, 1.54) is 6.07 Å². The van der Waals surface area contributed by atoms with Gasteiger partial charge in [-0.3, -0.25) is 0 Å². The van der Waals surface area contributed by atoms with Crippen molar-refractivity contribution in [3.05, 3.63) is 41.6 Å². The molecule has 1 aromatic rings. The molecule has 0 unspecified atom stereocenters. The summed E-state index contributed by atoms with van der Waals surface area (Å²) in [7, 11) is 0. The first-order valence-corrected chi connectivity index (χ1v) is 5.28. The Balaban J connectivity index is 3.03. The average molecular weight is 225 g/mol. The Bertz CT molecular complexity index is 391. The summed E-state index contributed by atoms with van der Waals surface area (Å²) in [5, 5.41) is 3.00. The highest BCUT2D eigenvalue weighted by atomic mass is 19.3. The number of nitrogens with one attached hydrogen (secondary N) is 1. The quantitative estimate of drug-likeness (QED) is 0.798. The van der Waals surface area contributed by atoms with Gasteiger partial charge in [-0.25, -0.2) is 8.78 Å². The molecule has 0 heterocycles. The van der Waals surface area contributed by atoms with Gasteiger partial charge in [0.25, 0.3) is 5.92 Å². The highest BCUT2D eigenvalue weighted by Crippen LogP contribution is 2.31. The van der Waals surface area contributed by atoms with Crippen LogP contribution >= 0.6 is 0 Å². The molecule has 1 rings (SSSR count). The number of alkyl halides is 2. The Morgan fingerprint density at radius 3 is 2.56 bits per heavy atom. The smallest absolute Gasteiger partial charge is 0.270 e. The molecular formula is C13H17F2N. The van der Waals surface area contributed by atoms with Gasteiger partial charge in [0.15, 0.2) is 0 Å². The van der Waals surface area contributed by atoms with Crippen molar-refractivity contribution in [1.82, 2.24) is 0 Å². The van der Waals surface area contributed by atoms with Gasteiger partial charge in [0.2, 0.25) is 0 Å². The third-order valence-electron chi connectivity index (χ3n) is 2.46. The first-order chi connectivity index (χ1) is 7.34. The van der Waals surface area contributed by atoms with Crippen LogP contribution in [-0.4, -0.2) is 0 Å². The molecule has 0 amide bonds. The minimum absolute atomic E-state index is 0.0569. The van der Waals surface area contributed by atoms with E-state index in [1.807, 2.05) is 6.92 Å². The van der Waals surface area contributed by atoms with E-state index < -0.39 is 5.92 Å². The van der Waals surface area contributed by atoms with Crippen molar-refractivity contribution in [2.75, 3.05) is 5.32 Å². The molecule has 1 aromatic carbocycles. The minimum atomic E-state index is -2.81. The van der Waals surface area contributed by atoms with Crippen LogP contribution in [0.1, 0.15) is 31.4 Å². The Morgan fingerprint density at radius 1 is 1.44 bits per heavy atom. The Kier molecular flexibility index (Phi) is 3.68. The fourth-order valence-corrected chi connectivity index (χ4v) is 1.47. The van der Waals surface area contributed by atoms with Crippen LogP contribution in [0.2, 0.25) is 0 Å². The number of hydrogen-bond acceptors (Lipinski definition) is 1. The molecule has 16 heavy (non-hydrogen) atoms. The molecule has 0 aliphatic heterocycles. The van der Waals surface area contributed by atoms with Gasteiger partial charge in [-0.05, 0) is 31.0 Å². The number of allylic oxidation sites excluding steroid dienone is 1. The van der Waals surface area contributed by atoms with E-state index in [0.717, 1.165) is 19.0 Å². The van der Waals surface area contributed by atoms with Crippen LogP contribution in [-0.2, 0) is 5.92 Å². The highest BCUT2D eigenvalue weighted by molar-refractivity contribution is 5.52. The van der Waals surface area contributed by atoms with E-state index in [1.54, 1.807) is 19.1 Å². The van der Waals surface area contributed by atoms with Crippen molar-refractivity contribution >= 4 is 5.69 Å². The largest absolute Gasteiger partial charge is 0.359 e. The predicted octanol–water partition coefficient (Wildman–Crippen LogP) is 4.44. The van der Waals surface area contributed by atoms with Gasteiger partial charge in [0.05, 0.1) is 0 Å². The van der Waals surface area contributed by atoms with Crippen LogP contribution in [0.5, 0.6) is 0 Å². The van der Waals surface area contributed by atoms with Crippen molar-refractivity contribution in [3.63, 3.8) is 0 Å². The first kappa shape index (κ1) is 12.7. The van der Waals surface area contributed by atoms with Gasteiger partial charge >= 0.3 is 0 Å². The number of rotatable bonds is 4. The van der Waals surface area contributed by atoms with Crippen LogP contribution in [0.15, 0.2) is 30.5 Å². The zero-order valence-corrected chi connectivity index (χ0v) is 9.90. The number of benzene rings is 1. The van der Waals surface area contributed by atoms with Gasteiger partial charge in [0.1, 0.15) is 0 Å². The van der Waals surface area contributed by atoms with Crippen molar-refractivity contribution in [2.45, 2.75) is 33.1 Å². The Hall–Kier alpha value is -1.38. The van der Waals surface area contributed by atoms with Crippen LogP contribution in [0.4, 0.5) is 14.5 Å². The van der Waals surface area contributed by atoms with E-state index in [9.17, 15) is 8.78 Å². The maximum absolute atomic E-state index is 13.3. The molecule has 0 saturated heterocycles. The lowest BCUT2D eigenvalue weighted by atomic mass is 10.0. The zero-order chi connectivity index (χ0) is 12.3. The fraction of sp³-hybridized carbons (Fsp3) is 0.385. The molecule has 0 bridgehead atoms. The van der Waals surface area contributed by atoms with Gasteiger partial charge in [-0.2, -0.15) is 0 Å². The maximum atomic E-state index is 13.3. The summed E-state index contributed by atoms with van der Waals surface area (Å²) in [5.41, 5.74) is 2.13. The third kappa shape index (κ3) is 3.05. The summed E-state index contributed by atoms with van der Waals surface area (Å²) in [4.78, 5) is 0. The summed E-state index contributed by atoms with van der Waals surface area (Å²) in [5.74, 6) is -2.81. The molecule has 88 valence electrons. The zero-order valence-electron chi connectivity index (χ0n) is 9.90. The molecule has 1 N–H and O–H groups in total. The Labute approximate surface area is 95.2 Å². The summed E-state index contributed by atoms with van der Waals surface area (Å²) >= 11 is 0. The summed E-state index contributed by atoms with van der Waals surface area (Å²) < 4.78 is 26.5. The average Bonchev–Trinajstić information content (AvgIpc) is 2.19. The molecular weight excluding hydrogens is 208 g/mol. The van der Waals surface area contributed by atoms with E-state index in [0.29, 0.717) is 11.3 Å². The lowest BCUT2D eigenvalue weighted by Crippen LogP contribution is -2.10. The number of aryl methyl sites for hydroxylation is 1. The second kappa shape index (κ2) is 4.64. The SMILES string of the molecule is C=C(CC)Nc1ccc(C)c(C(C)(F)F)c1. The van der Waals surface area contributed by atoms with Gasteiger partial charge in [-0.1, -0.05) is 19.6 Å². The molecule has 0 spiro atoms. The highest BCUT2D eigenvalue weighted by Gasteiger charge is 2.26. The molecule has 0 atom stereocenters. The van der Waals surface area contributed by atoms with Gasteiger partial charge in [0, 0.05) is 23.9 Å². The molecule has 0 aromatic heterocycles. The van der Waals surface area contributed by atoms with Crippen LogP contribution in [0.25, 0.3) is 0 Å². The fourth-order valence-electron chi connectivity index (χ4n) is 1.47. The van der Waals surface area contributed by atoms with E-state index in [4.69, 9.17) is 0 Å². The monoisotopic (exact) mass is 225 g/mol. The molecule has 0 radical (unpaired) electrons. The van der Waals surface area contributed by atoms with E-state index in [-0.39, 0.29) is 5.56 Å². The lowest BCUT2D eigenvalue weighted by molar-refractivity contribution is 0.0169. The topological polar surface area (TPSA) is 12.0 Å². The summed E-state index contributed by atoms with van der Waals surface area (Å²) in [6.45, 7) is 8.34. The third-order valence-corrected chi connectivity index (χ3v) is 2.46. The standard InChI is InChI=1S/C13H17F2N/c1-5-10(3)16-11-7-6-9(2)12(8-11)13(4,14)15/h6-8,16H,3,5H2,1-2,4H3. The van der Waals surface area contributed by atoms with Crippen molar-refractivity contribution in [2.24, 2.45) is 0 Å². The predicted molar refractivity (Wildman–Crippen MR) is 63.8 cm³/mol. The van der Waals surface area contributed by atoms with Crippen LogP contribution < -0.4 is 5.32 Å². The van der Waals surface area contributed by atoms with E-state index in [2.05, 4.69) is 11.9 Å². The van der Waals surface area contributed by atoms with Crippen molar-refractivity contribution in [1.29, 1.82) is 0 Å². The minimum Gasteiger partial charge on any atom is -0.359 e. The summed E-state index contributed by atoms with van der Waals surface area (Å²) in [6.07, 6.45) is 0.770. The summed E-state index contributed by atoms with van der Waals surface area (Å²) in [6, 6.07) is 4.96. The van der Waals surface area contributed by atoms with Crippen molar-refractivity contribution < 1.29 is 8.78 Å². The molecule has 0 aliphatic carbocycles. The van der Waals surface area contributed by atoms with Crippen molar-refractivity contribution in [3.8, 4) is 0 Å². The van der Waals surface area contributed by atoms with Crippen LogP contribution in [0, 0.1) is 6.92 Å². The number of anilines is 1. The first-order valence-electron chi connectivity index (χ1n) is 5.28. The van der Waals surface area contributed by atoms with Gasteiger partial charge < -0.3 is 5.32 Å². The maximum Gasteiger partial charge on any atom is 0.270 e. The molecule has 3 heteroatoms.